The molecular weight excluding hydrogens is 442 g/mol. The fraction of sp³-hybridized carbons (Fsp3) is 0.360. The molecule has 7 heteroatoms. The highest BCUT2D eigenvalue weighted by atomic mass is 32.2. The number of aromatic hydroxyl groups is 1. The summed E-state index contributed by atoms with van der Waals surface area (Å²) in [5.74, 6) is 1.39. The van der Waals surface area contributed by atoms with Gasteiger partial charge in [0.2, 0.25) is 6.79 Å². The van der Waals surface area contributed by atoms with E-state index >= 15 is 0 Å². The van der Waals surface area contributed by atoms with Crippen LogP contribution >= 0.6 is 24.0 Å². The molecule has 0 radical (unpaired) electrons. The van der Waals surface area contributed by atoms with E-state index in [1.165, 1.54) is 16.7 Å². The zero-order chi connectivity index (χ0) is 23.4. The minimum absolute atomic E-state index is 0.171. The van der Waals surface area contributed by atoms with Gasteiger partial charge in [-0.15, -0.1) is 0 Å². The smallest absolute Gasteiger partial charge is 0.270 e. The van der Waals surface area contributed by atoms with E-state index in [-0.39, 0.29) is 23.5 Å². The summed E-state index contributed by atoms with van der Waals surface area (Å²) in [7, 11) is 0. The van der Waals surface area contributed by atoms with Gasteiger partial charge in [-0.2, -0.15) is 0 Å². The number of hydrogen-bond donors (Lipinski definition) is 1. The Balaban J connectivity index is 1.74. The predicted octanol–water partition coefficient (Wildman–Crippen LogP) is 6.12. The normalized spacial score (nSPS) is 17.6. The van der Waals surface area contributed by atoms with Crippen LogP contribution in [0.1, 0.15) is 58.2 Å². The van der Waals surface area contributed by atoms with Gasteiger partial charge < -0.3 is 14.6 Å². The van der Waals surface area contributed by atoms with E-state index in [0.717, 1.165) is 16.7 Å². The third kappa shape index (κ3) is 4.11. The molecule has 0 saturated carbocycles. The molecule has 168 valence electrons. The van der Waals surface area contributed by atoms with Gasteiger partial charge in [0.05, 0.1) is 10.6 Å². The summed E-state index contributed by atoms with van der Waals surface area (Å²) in [5, 5.41) is 11.0. The summed E-state index contributed by atoms with van der Waals surface area (Å²) >= 11 is 6.80. The van der Waals surface area contributed by atoms with E-state index in [1.54, 1.807) is 18.2 Å². The molecule has 2 aromatic rings. The number of hydrogen-bond acceptors (Lipinski definition) is 6. The Morgan fingerprint density at radius 1 is 1.00 bits per heavy atom. The van der Waals surface area contributed by atoms with Crippen molar-refractivity contribution >= 4 is 46.0 Å². The first kappa shape index (κ1) is 22.7. The van der Waals surface area contributed by atoms with Crippen molar-refractivity contribution in [1.29, 1.82) is 0 Å². The SMILES string of the molecule is CC(C)(C)c1cc(/C=C2\SC(=S)N(c3ccc4c(c3)OCO4)C2=O)cc(C(C)(C)C)c1O. The van der Waals surface area contributed by atoms with E-state index in [9.17, 15) is 9.90 Å². The fourth-order valence-electron chi connectivity index (χ4n) is 3.75. The van der Waals surface area contributed by atoms with Gasteiger partial charge in [-0.25, -0.2) is 0 Å². The lowest BCUT2D eigenvalue weighted by Gasteiger charge is -2.28. The van der Waals surface area contributed by atoms with Gasteiger partial charge in [0.1, 0.15) is 5.75 Å². The van der Waals surface area contributed by atoms with Crippen LogP contribution in [-0.4, -0.2) is 22.1 Å². The quantitative estimate of drug-likeness (QED) is 0.422. The zero-order valence-electron chi connectivity index (χ0n) is 19.1. The second-order valence-corrected chi connectivity index (χ2v) is 11.7. The van der Waals surface area contributed by atoms with Crippen LogP contribution in [0.3, 0.4) is 0 Å². The summed E-state index contributed by atoms with van der Waals surface area (Å²) in [6.45, 7) is 12.6. The van der Waals surface area contributed by atoms with Crippen LogP contribution in [0.25, 0.3) is 6.08 Å². The average molecular weight is 470 g/mol. The van der Waals surface area contributed by atoms with Crippen molar-refractivity contribution in [3.63, 3.8) is 0 Å². The Labute approximate surface area is 198 Å². The van der Waals surface area contributed by atoms with Crippen molar-refractivity contribution in [2.45, 2.75) is 52.4 Å². The third-order valence-electron chi connectivity index (χ3n) is 5.45. The van der Waals surface area contributed by atoms with Gasteiger partial charge in [0.25, 0.3) is 5.91 Å². The molecular formula is C25H27NO4S2. The number of thioether (sulfide) groups is 1. The molecule has 32 heavy (non-hydrogen) atoms. The van der Waals surface area contributed by atoms with Crippen molar-refractivity contribution in [2.24, 2.45) is 0 Å². The summed E-state index contributed by atoms with van der Waals surface area (Å²) in [6.07, 6.45) is 1.86. The first-order valence-electron chi connectivity index (χ1n) is 10.4. The number of thiocarbonyl (C=S) groups is 1. The maximum atomic E-state index is 13.3. The lowest BCUT2D eigenvalue weighted by molar-refractivity contribution is -0.113. The molecule has 1 fully saturated rings. The Morgan fingerprint density at radius 3 is 2.19 bits per heavy atom. The molecule has 1 saturated heterocycles. The van der Waals surface area contributed by atoms with Crippen LogP contribution in [-0.2, 0) is 15.6 Å². The summed E-state index contributed by atoms with van der Waals surface area (Å²) in [5.41, 5.74) is 2.71. The Morgan fingerprint density at radius 2 is 1.59 bits per heavy atom. The van der Waals surface area contributed by atoms with Crippen LogP contribution < -0.4 is 14.4 Å². The molecule has 0 aliphatic carbocycles. The number of anilines is 1. The van der Waals surface area contributed by atoms with Crippen LogP contribution in [0.15, 0.2) is 35.2 Å². The second-order valence-electron chi connectivity index (χ2n) is 10.0. The number of phenolic OH excluding ortho intramolecular Hbond substituents is 1. The lowest BCUT2D eigenvalue weighted by Crippen LogP contribution is -2.27. The maximum Gasteiger partial charge on any atom is 0.270 e. The molecule has 0 bridgehead atoms. The van der Waals surface area contributed by atoms with Crippen LogP contribution in [0.4, 0.5) is 5.69 Å². The van der Waals surface area contributed by atoms with Gasteiger partial charge in [-0.3, -0.25) is 9.69 Å². The van der Waals surface area contributed by atoms with Crippen molar-refractivity contribution in [3.8, 4) is 17.2 Å². The number of phenols is 1. The minimum atomic E-state index is -0.251. The first-order valence-corrected chi connectivity index (χ1v) is 11.6. The maximum absolute atomic E-state index is 13.3. The van der Waals surface area contributed by atoms with Crippen LogP contribution in [0, 0.1) is 0 Å². The zero-order valence-corrected chi connectivity index (χ0v) is 20.7. The monoisotopic (exact) mass is 469 g/mol. The Hall–Kier alpha value is -2.51. The number of carbonyl (C=O) groups is 1. The Bertz CT molecular complexity index is 1120. The third-order valence-corrected chi connectivity index (χ3v) is 6.76. The number of ether oxygens (including phenoxy) is 2. The van der Waals surface area contributed by atoms with Crippen LogP contribution in [0.2, 0.25) is 0 Å². The second kappa shape index (κ2) is 7.81. The van der Waals surface area contributed by atoms with Gasteiger partial charge in [-0.05, 0) is 46.7 Å². The number of benzene rings is 2. The van der Waals surface area contributed by atoms with E-state index in [0.29, 0.717) is 32.2 Å². The number of rotatable bonds is 2. The van der Waals surface area contributed by atoms with E-state index in [1.807, 2.05) is 18.2 Å². The van der Waals surface area contributed by atoms with Gasteiger partial charge in [0, 0.05) is 17.2 Å². The fourth-order valence-corrected chi connectivity index (χ4v) is 5.05. The molecule has 2 aliphatic rings. The predicted molar refractivity (Wildman–Crippen MR) is 134 cm³/mol. The molecule has 4 rings (SSSR count). The molecule has 0 atom stereocenters. The lowest BCUT2D eigenvalue weighted by atomic mass is 9.78. The number of carbonyl (C=O) groups excluding carboxylic acids is 1. The highest BCUT2D eigenvalue weighted by molar-refractivity contribution is 8.27. The summed E-state index contributed by atoms with van der Waals surface area (Å²) in [6, 6.07) is 9.27. The first-order chi connectivity index (χ1) is 14.9. The van der Waals surface area contributed by atoms with Gasteiger partial charge >= 0.3 is 0 Å². The van der Waals surface area contributed by atoms with Crippen molar-refractivity contribution < 1.29 is 19.4 Å². The largest absolute Gasteiger partial charge is 0.507 e. The van der Waals surface area contributed by atoms with Gasteiger partial charge in [-0.1, -0.05) is 65.5 Å². The van der Waals surface area contributed by atoms with Crippen molar-refractivity contribution in [1.82, 2.24) is 0 Å². The Kier molecular flexibility index (Phi) is 5.54. The summed E-state index contributed by atoms with van der Waals surface area (Å²) < 4.78 is 11.3. The van der Waals surface area contributed by atoms with Crippen LogP contribution in [0.5, 0.6) is 17.2 Å². The number of fused-ring (bicyclic) bond motifs is 1. The standard InChI is InChI=1S/C25H27NO4S2/c1-24(2,3)16-9-14(10-17(21(16)27)25(4,5)6)11-20-22(28)26(23(31)32-20)15-7-8-18-19(12-15)30-13-29-18/h7-12,27H,13H2,1-6H3/b20-11-. The molecule has 1 amide bonds. The van der Waals surface area contributed by atoms with E-state index in [4.69, 9.17) is 21.7 Å². The molecule has 2 aromatic carbocycles. The number of nitrogens with zero attached hydrogens (tertiary/aromatic N) is 1. The molecule has 5 nitrogen and oxygen atoms in total. The highest BCUT2D eigenvalue weighted by Crippen LogP contribution is 2.43. The number of amides is 1. The minimum Gasteiger partial charge on any atom is -0.507 e. The molecule has 1 N–H and O–H groups in total. The molecule has 0 unspecified atom stereocenters. The average Bonchev–Trinajstić information content (AvgIpc) is 3.24. The summed E-state index contributed by atoms with van der Waals surface area (Å²) in [4.78, 5) is 15.3. The molecule has 2 heterocycles. The highest BCUT2D eigenvalue weighted by Gasteiger charge is 2.34. The molecule has 0 spiro atoms. The van der Waals surface area contributed by atoms with Crippen molar-refractivity contribution in [2.75, 3.05) is 11.7 Å². The van der Waals surface area contributed by atoms with Gasteiger partial charge in [0.15, 0.2) is 15.8 Å². The van der Waals surface area contributed by atoms with E-state index in [2.05, 4.69) is 41.5 Å². The molecule has 2 aliphatic heterocycles. The topological polar surface area (TPSA) is 59.0 Å². The van der Waals surface area contributed by atoms with Crippen molar-refractivity contribution in [3.05, 3.63) is 51.9 Å². The molecule has 0 aromatic heterocycles. The van der Waals surface area contributed by atoms with E-state index < -0.39 is 0 Å².